The number of anilines is 1. The van der Waals surface area contributed by atoms with E-state index in [1.807, 2.05) is 7.05 Å². The highest BCUT2D eigenvalue weighted by molar-refractivity contribution is 7.99. The molecule has 0 fully saturated rings. The Kier molecular flexibility index (Phi) is 2.25. The fraction of sp³-hybridized carbons (Fsp3) is 0.100. The van der Waals surface area contributed by atoms with Crippen molar-refractivity contribution in [3.05, 3.63) is 24.5 Å². The number of nitrogen functional groups attached to an aromatic ring is 1. The number of aryl methyl sites for hydroxylation is 1. The number of aromatic nitrogens is 4. The molecule has 1 aromatic carbocycles. The molecule has 0 aliphatic heterocycles. The molecule has 0 unspecified atom stereocenters. The molecular weight excluding hydrogens is 238 g/mol. The summed E-state index contributed by atoms with van der Waals surface area (Å²) in [6.07, 6.45) is 1.63. The van der Waals surface area contributed by atoms with Gasteiger partial charge in [-0.2, -0.15) is 0 Å². The third kappa shape index (κ3) is 1.84. The smallest absolute Gasteiger partial charge is 0.264 e. The van der Waals surface area contributed by atoms with Gasteiger partial charge in [-0.1, -0.05) is 0 Å². The first-order valence-electron chi connectivity index (χ1n) is 4.90. The second kappa shape index (κ2) is 3.77. The van der Waals surface area contributed by atoms with Gasteiger partial charge in [0.1, 0.15) is 11.8 Å². The van der Waals surface area contributed by atoms with Gasteiger partial charge in [0.05, 0.1) is 0 Å². The van der Waals surface area contributed by atoms with Crippen LogP contribution in [0.4, 0.5) is 5.69 Å². The highest BCUT2D eigenvalue weighted by Gasteiger charge is 2.10. The molecule has 17 heavy (non-hydrogen) atoms. The van der Waals surface area contributed by atoms with E-state index in [1.54, 1.807) is 29.1 Å². The Morgan fingerprint density at radius 2 is 2.29 bits per heavy atom. The van der Waals surface area contributed by atoms with Crippen molar-refractivity contribution in [2.75, 3.05) is 5.73 Å². The SMILES string of the molecule is Cn1cnnc1Sc1nc2cc(N)ccc2o1. The molecule has 3 rings (SSSR count). The van der Waals surface area contributed by atoms with Gasteiger partial charge in [-0.15, -0.1) is 10.2 Å². The number of benzene rings is 1. The average molecular weight is 247 g/mol. The van der Waals surface area contributed by atoms with E-state index in [1.165, 1.54) is 11.8 Å². The fourth-order valence-electron chi connectivity index (χ4n) is 1.41. The molecular formula is C10H9N5OS. The quantitative estimate of drug-likeness (QED) is 0.694. The summed E-state index contributed by atoms with van der Waals surface area (Å²) in [6.45, 7) is 0. The second-order valence-electron chi connectivity index (χ2n) is 3.53. The fourth-order valence-corrected chi connectivity index (χ4v) is 2.12. The molecule has 86 valence electrons. The third-order valence-corrected chi connectivity index (χ3v) is 3.14. The summed E-state index contributed by atoms with van der Waals surface area (Å²) in [4.78, 5) is 4.32. The van der Waals surface area contributed by atoms with Crippen LogP contribution < -0.4 is 5.73 Å². The van der Waals surface area contributed by atoms with Crippen LogP contribution in [0.2, 0.25) is 0 Å². The lowest BCUT2D eigenvalue weighted by molar-refractivity contribution is 0.488. The minimum atomic E-state index is 0.529. The molecule has 2 N–H and O–H groups in total. The van der Waals surface area contributed by atoms with Crippen LogP contribution in [0.5, 0.6) is 0 Å². The maximum atomic E-state index is 5.68. The van der Waals surface area contributed by atoms with Gasteiger partial charge in [-0.05, 0) is 18.2 Å². The largest absolute Gasteiger partial charge is 0.431 e. The number of fused-ring (bicyclic) bond motifs is 1. The molecule has 0 saturated heterocycles. The van der Waals surface area contributed by atoms with E-state index in [-0.39, 0.29) is 0 Å². The number of rotatable bonds is 2. The Morgan fingerprint density at radius 1 is 1.41 bits per heavy atom. The van der Waals surface area contributed by atoms with Gasteiger partial charge < -0.3 is 14.7 Å². The maximum absolute atomic E-state index is 5.68. The molecule has 0 aliphatic rings. The first kappa shape index (κ1) is 10.2. The van der Waals surface area contributed by atoms with Gasteiger partial charge in [-0.25, -0.2) is 4.98 Å². The van der Waals surface area contributed by atoms with Crippen LogP contribution in [0.3, 0.4) is 0 Å². The lowest BCUT2D eigenvalue weighted by Crippen LogP contribution is -1.87. The molecule has 0 spiro atoms. The molecule has 2 heterocycles. The topological polar surface area (TPSA) is 82.8 Å². The van der Waals surface area contributed by atoms with Crippen molar-refractivity contribution in [2.45, 2.75) is 10.4 Å². The van der Waals surface area contributed by atoms with E-state index >= 15 is 0 Å². The standard InChI is InChI=1S/C10H9N5OS/c1-15-5-12-14-9(15)17-10-13-7-4-6(11)2-3-8(7)16-10/h2-5H,11H2,1H3. The number of nitrogens with two attached hydrogens (primary N) is 1. The highest BCUT2D eigenvalue weighted by Crippen LogP contribution is 2.28. The molecule has 6 nitrogen and oxygen atoms in total. The number of hydrogen-bond acceptors (Lipinski definition) is 6. The van der Waals surface area contributed by atoms with E-state index in [2.05, 4.69) is 15.2 Å². The van der Waals surface area contributed by atoms with Crippen molar-refractivity contribution < 1.29 is 4.42 Å². The van der Waals surface area contributed by atoms with Gasteiger partial charge in [0.15, 0.2) is 10.7 Å². The van der Waals surface area contributed by atoms with Crippen LogP contribution in [-0.2, 0) is 7.05 Å². The van der Waals surface area contributed by atoms with Crippen LogP contribution in [0.15, 0.2) is 39.3 Å². The van der Waals surface area contributed by atoms with Gasteiger partial charge in [0, 0.05) is 24.5 Å². The van der Waals surface area contributed by atoms with Crippen LogP contribution in [-0.4, -0.2) is 19.7 Å². The average Bonchev–Trinajstić information content (AvgIpc) is 2.85. The van der Waals surface area contributed by atoms with Gasteiger partial charge in [0.25, 0.3) is 5.22 Å². The van der Waals surface area contributed by atoms with Crippen molar-refractivity contribution in [3.8, 4) is 0 Å². The van der Waals surface area contributed by atoms with Crippen molar-refractivity contribution in [1.82, 2.24) is 19.7 Å². The summed E-state index contributed by atoms with van der Waals surface area (Å²) in [5.41, 5.74) is 7.80. The molecule has 0 bridgehead atoms. The summed E-state index contributed by atoms with van der Waals surface area (Å²) in [5.74, 6) is 0. The van der Waals surface area contributed by atoms with Crippen LogP contribution in [0.25, 0.3) is 11.1 Å². The van der Waals surface area contributed by atoms with Crippen LogP contribution >= 0.6 is 11.8 Å². The van der Waals surface area contributed by atoms with Gasteiger partial charge in [-0.3, -0.25) is 0 Å². The first-order valence-corrected chi connectivity index (χ1v) is 5.72. The van der Waals surface area contributed by atoms with E-state index < -0.39 is 0 Å². The number of nitrogens with zero attached hydrogens (tertiary/aromatic N) is 4. The zero-order valence-corrected chi connectivity index (χ0v) is 9.81. The van der Waals surface area contributed by atoms with Crippen molar-refractivity contribution in [2.24, 2.45) is 7.05 Å². The van der Waals surface area contributed by atoms with E-state index in [4.69, 9.17) is 10.2 Å². The Balaban J connectivity index is 1.99. The summed E-state index contributed by atoms with van der Waals surface area (Å²) >= 11 is 1.32. The Morgan fingerprint density at radius 3 is 3.06 bits per heavy atom. The molecule has 2 aromatic heterocycles. The number of hydrogen-bond donors (Lipinski definition) is 1. The van der Waals surface area contributed by atoms with Crippen LogP contribution in [0, 0.1) is 0 Å². The number of oxazole rings is 1. The summed E-state index contributed by atoms with van der Waals surface area (Å²) in [7, 11) is 1.86. The van der Waals surface area contributed by atoms with Crippen molar-refractivity contribution >= 4 is 28.5 Å². The molecule has 0 atom stereocenters. The molecule has 0 saturated carbocycles. The van der Waals surface area contributed by atoms with Crippen molar-refractivity contribution in [1.29, 1.82) is 0 Å². The molecule has 3 aromatic rings. The molecule has 0 amide bonds. The summed E-state index contributed by atoms with van der Waals surface area (Å²) in [5, 5.41) is 8.99. The Hall–Kier alpha value is -2.02. The van der Waals surface area contributed by atoms with Crippen LogP contribution in [0.1, 0.15) is 0 Å². The lowest BCUT2D eigenvalue weighted by atomic mass is 10.3. The highest BCUT2D eigenvalue weighted by atomic mass is 32.2. The van der Waals surface area contributed by atoms with Gasteiger partial charge in [0.2, 0.25) is 0 Å². The minimum absolute atomic E-state index is 0.529. The van der Waals surface area contributed by atoms with E-state index in [0.717, 1.165) is 10.7 Å². The zero-order valence-electron chi connectivity index (χ0n) is 8.99. The maximum Gasteiger partial charge on any atom is 0.264 e. The van der Waals surface area contributed by atoms with Crippen molar-refractivity contribution in [3.63, 3.8) is 0 Å². The molecule has 0 radical (unpaired) electrons. The predicted octanol–water partition coefficient (Wildman–Crippen LogP) is 1.69. The van der Waals surface area contributed by atoms with E-state index in [0.29, 0.717) is 16.5 Å². The summed E-state index contributed by atoms with van der Waals surface area (Å²) < 4.78 is 7.37. The molecule has 0 aliphatic carbocycles. The Labute approximate surface area is 101 Å². The predicted molar refractivity (Wildman–Crippen MR) is 63.5 cm³/mol. The first-order chi connectivity index (χ1) is 8.22. The van der Waals surface area contributed by atoms with E-state index in [9.17, 15) is 0 Å². The monoisotopic (exact) mass is 247 g/mol. The third-order valence-electron chi connectivity index (χ3n) is 2.24. The zero-order chi connectivity index (χ0) is 11.8. The second-order valence-corrected chi connectivity index (χ2v) is 4.45. The molecule has 7 heteroatoms. The lowest BCUT2D eigenvalue weighted by Gasteiger charge is -1.93. The normalized spacial score (nSPS) is 11.1. The van der Waals surface area contributed by atoms with Gasteiger partial charge >= 0.3 is 0 Å². The Bertz CT molecular complexity index is 674. The summed E-state index contributed by atoms with van der Waals surface area (Å²) in [6, 6.07) is 5.36. The minimum Gasteiger partial charge on any atom is -0.431 e.